The van der Waals surface area contributed by atoms with E-state index in [1.807, 2.05) is 21.7 Å². The molecule has 8 nitrogen and oxygen atoms in total. The summed E-state index contributed by atoms with van der Waals surface area (Å²) in [6.07, 6.45) is 0. The van der Waals surface area contributed by atoms with Crippen molar-refractivity contribution in [3.63, 3.8) is 0 Å². The second kappa shape index (κ2) is 5.99. The molecule has 0 bridgehead atoms. The number of nitrogens with two attached hydrogens (primary N) is 1. The maximum absolute atomic E-state index is 5.42. The lowest BCUT2D eigenvalue weighted by atomic mass is 10.4. The van der Waals surface area contributed by atoms with Crippen LogP contribution in [0.15, 0.2) is 16.8 Å². The maximum Gasteiger partial charge on any atom is 0.243 e. The predicted molar refractivity (Wildman–Crippen MR) is 78.3 cm³/mol. The number of hydrazine groups is 1. The Balaban J connectivity index is 1.85. The van der Waals surface area contributed by atoms with E-state index in [2.05, 4.69) is 25.7 Å². The van der Waals surface area contributed by atoms with E-state index in [1.54, 1.807) is 11.3 Å². The van der Waals surface area contributed by atoms with E-state index in [0.29, 0.717) is 31.1 Å². The van der Waals surface area contributed by atoms with Crippen LogP contribution in [0.1, 0.15) is 0 Å². The Labute approximate surface area is 120 Å². The van der Waals surface area contributed by atoms with Gasteiger partial charge in [-0.05, 0) is 11.4 Å². The summed E-state index contributed by atoms with van der Waals surface area (Å²) in [7, 11) is 0. The summed E-state index contributed by atoms with van der Waals surface area (Å²) in [5.41, 5.74) is 3.41. The van der Waals surface area contributed by atoms with Crippen molar-refractivity contribution < 1.29 is 4.74 Å². The molecular formula is C11H15N7OS. The van der Waals surface area contributed by atoms with Crippen LogP contribution in [0.4, 0.5) is 23.5 Å². The van der Waals surface area contributed by atoms with Crippen LogP contribution in [0.25, 0.3) is 0 Å². The van der Waals surface area contributed by atoms with Gasteiger partial charge in [-0.15, -0.1) is 0 Å². The number of thiophene rings is 1. The third-order valence-electron chi connectivity index (χ3n) is 2.82. The summed E-state index contributed by atoms with van der Waals surface area (Å²) in [4.78, 5) is 15.0. The van der Waals surface area contributed by atoms with E-state index in [4.69, 9.17) is 10.6 Å². The van der Waals surface area contributed by atoms with Gasteiger partial charge in [0, 0.05) is 18.5 Å². The van der Waals surface area contributed by atoms with Gasteiger partial charge in [-0.2, -0.15) is 26.3 Å². The molecule has 3 rings (SSSR count). The minimum Gasteiger partial charge on any atom is -0.378 e. The number of anilines is 4. The van der Waals surface area contributed by atoms with Crippen molar-refractivity contribution in [1.82, 2.24) is 15.0 Å². The lowest BCUT2D eigenvalue weighted by molar-refractivity contribution is 0.122. The van der Waals surface area contributed by atoms with Crippen molar-refractivity contribution in [2.75, 3.05) is 41.9 Å². The maximum atomic E-state index is 5.42. The molecule has 1 saturated heterocycles. The molecule has 4 N–H and O–H groups in total. The van der Waals surface area contributed by atoms with Gasteiger partial charge >= 0.3 is 0 Å². The summed E-state index contributed by atoms with van der Waals surface area (Å²) in [6, 6.07) is 1.96. The molecule has 0 unspecified atom stereocenters. The Kier molecular flexibility index (Phi) is 3.90. The first-order valence-corrected chi connectivity index (χ1v) is 7.14. The number of rotatable bonds is 4. The van der Waals surface area contributed by atoms with E-state index in [-0.39, 0.29) is 0 Å². The molecule has 0 amide bonds. The highest BCUT2D eigenvalue weighted by molar-refractivity contribution is 7.08. The molecule has 106 valence electrons. The zero-order chi connectivity index (χ0) is 13.8. The van der Waals surface area contributed by atoms with Crippen molar-refractivity contribution in [3.05, 3.63) is 16.8 Å². The molecule has 9 heteroatoms. The van der Waals surface area contributed by atoms with Crippen molar-refractivity contribution in [2.24, 2.45) is 5.84 Å². The summed E-state index contributed by atoms with van der Waals surface area (Å²) < 4.78 is 5.33. The van der Waals surface area contributed by atoms with Crippen LogP contribution in [-0.4, -0.2) is 41.3 Å². The Hall–Kier alpha value is -1.97. The third-order valence-corrected chi connectivity index (χ3v) is 3.51. The van der Waals surface area contributed by atoms with Crippen molar-refractivity contribution in [2.45, 2.75) is 0 Å². The quantitative estimate of drug-likeness (QED) is 0.562. The standard InChI is InChI=1S/C11H15N7OS/c12-17-10-14-9(13-8-1-6-20-7-8)15-11(16-10)18-2-4-19-5-3-18/h1,6-7H,2-5,12H2,(H2,13,14,15,16,17). The van der Waals surface area contributed by atoms with Crippen molar-refractivity contribution >= 4 is 34.9 Å². The van der Waals surface area contributed by atoms with E-state index in [1.165, 1.54) is 0 Å². The number of hydrogen-bond donors (Lipinski definition) is 3. The van der Waals surface area contributed by atoms with E-state index < -0.39 is 0 Å². The van der Waals surface area contributed by atoms with Gasteiger partial charge in [-0.1, -0.05) is 0 Å². The Morgan fingerprint density at radius 1 is 1.20 bits per heavy atom. The molecule has 0 atom stereocenters. The highest BCUT2D eigenvalue weighted by Gasteiger charge is 2.16. The Bertz CT molecular complexity index is 556. The summed E-state index contributed by atoms with van der Waals surface area (Å²) >= 11 is 1.60. The topological polar surface area (TPSA) is 101 Å². The Morgan fingerprint density at radius 2 is 2.00 bits per heavy atom. The van der Waals surface area contributed by atoms with Crippen LogP contribution in [0.5, 0.6) is 0 Å². The van der Waals surface area contributed by atoms with Gasteiger partial charge in [0.2, 0.25) is 17.8 Å². The summed E-state index contributed by atoms with van der Waals surface area (Å²) in [5.74, 6) is 6.81. The molecule has 20 heavy (non-hydrogen) atoms. The monoisotopic (exact) mass is 293 g/mol. The number of nitrogens with zero attached hydrogens (tertiary/aromatic N) is 4. The number of nitrogens with one attached hydrogen (secondary N) is 2. The molecule has 0 spiro atoms. The second-order valence-corrected chi connectivity index (χ2v) is 4.94. The van der Waals surface area contributed by atoms with Crippen LogP contribution in [0, 0.1) is 0 Å². The number of nitrogen functional groups attached to an aromatic ring is 1. The van der Waals surface area contributed by atoms with Crippen molar-refractivity contribution in [1.29, 1.82) is 0 Å². The zero-order valence-corrected chi connectivity index (χ0v) is 11.6. The van der Waals surface area contributed by atoms with Crippen LogP contribution >= 0.6 is 11.3 Å². The first kappa shape index (κ1) is 13.0. The van der Waals surface area contributed by atoms with Gasteiger partial charge in [0.05, 0.1) is 18.9 Å². The number of aromatic nitrogens is 3. The molecule has 0 saturated carbocycles. The number of ether oxygens (including phenoxy) is 1. The molecule has 0 radical (unpaired) electrons. The number of hydrogen-bond acceptors (Lipinski definition) is 9. The third kappa shape index (κ3) is 2.95. The Morgan fingerprint density at radius 3 is 2.70 bits per heavy atom. The first-order chi connectivity index (χ1) is 9.85. The average molecular weight is 293 g/mol. The van der Waals surface area contributed by atoms with Gasteiger partial charge in [-0.3, -0.25) is 5.43 Å². The van der Waals surface area contributed by atoms with Gasteiger partial charge in [-0.25, -0.2) is 5.84 Å². The fourth-order valence-corrected chi connectivity index (χ4v) is 2.44. The molecule has 0 aliphatic carbocycles. The molecule has 2 aromatic rings. The predicted octanol–water partition coefficient (Wildman–Crippen LogP) is 0.799. The minimum atomic E-state index is 0.333. The van der Waals surface area contributed by atoms with Crippen LogP contribution in [-0.2, 0) is 4.74 Å². The minimum absolute atomic E-state index is 0.333. The molecule has 1 fully saturated rings. The van der Waals surface area contributed by atoms with Gasteiger partial charge in [0.25, 0.3) is 0 Å². The fraction of sp³-hybridized carbons (Fsp3) is 0.364. The SMILES string of the molecule is NNc1nc(Nc2ccsc2)nc(N2CCOCC2)n1. The van der Waals surface area contributed by atoms with Crippen molar-refractivity contribution in [3.8, 4) is 0 Å². The molecule has 3 heterocycles. The van der Waals surface area contributed by atoms with Gasteiger partial charge in [0.15, 0.2) is 0 Å². The lowest BCUT2D eigenvalue weighted by Gasteiger charge is -2.27. The van der Waals surface area contributed by atoms with Crippen LogP contribution < -0.4 is 21.5 Å². The van der Waals surface area contributed by atoms with E-state index >= 15 is 0 Å². The number of morpholine rings is 1. The summed E-state index contributed by atoms with van der Waals surface area (Å²) in [6.45, 7) is 2.85. The second-order valence-electron chi connectivity index (χ2n) is 4.16. The van der Waals surface area contributed by atoms with E-state index in [9.17, 15) is 0 Å². The van der Waals surface area contributed by atoms with Crippen LogP contribution in [0.3, 0.4) is 0 Å². The van der Waals surface area contributed by atoms with Gasteiger partial charge < -0.3 is 15.0 Å². The largest absolute Gasteiger partial charge is 0.378 e. The van der Waals surface area contributed by atoms with E-state index in [0.717, 1.165) is 18.8 Å². The first-order valence-electron chi connectivity index (χ1n) is 6.20. The molecule has 0 aromatic carbocycles. The zero-order valence-electron chi connectivity index (χ0n) is 10.7. The highest BCUT2D eigenvalue weighted by Crippen LogP contribution is 2.19. The molecule has 2 aromatic heterocycles. The van der Waals surface area contributed by atoms with Gasteiger partial charge in [0.1, 0.15) is 0 Å². The molecular weight excluding hydrogens is 278 g/mol. The van der Waals surface area contributed by atoms with Crippen LogP contribution in [0.2, 0.25) is 0 Å². The summed E-state index contributed by atoms with van der Waals surface area (Å²) in [5, 5.41) is 7.09. The lowest BCUT2D eigenvalue weighted by Crippen LogP contribution is -2.37. The average Bonchev–Trinajstić information content (AvgIpc) is 3.00. The highest BCUT2D eigenvalue weighted by atomic mass is 32.1. The molecule has 1 aliphatic rings. The smallest absolute Gasteiger partial charge is 0.243 e. The normalized spacial score (nSPS) is 15.2. The molecule has 1 aliphatic heterocycles. The fourth-order valence-electron chi connectivity index (χ4n) is 1.85.